The number of amides is 1. The molecule has 0 unspecified atom stereocenters. The first-order valence-electron chi connectivity index (χ1n) is 14.1. The summed E-state index contributed by atoms with van der Waals surface area (Å²) in [6, 6.07) is 21.6. The quantitative estimate of drug-likeness (QED) is 0.118. The Morgan fingerprint density at radius 2 is 1.82 bits per heavy atom. The number of hydrogen-bond donors (Lipinski definition) is 6. The van der Waals surface area contributed by atoms with Crippen LogP contribution in [0.15, 0.2) is 94.9 Å². The zero-order chi connectivity index (χ0) is 31.3. The second kappa shape index (κ2) is 12.9. The molecule has 5 rings (SSSR count). The molecule has 6 N–H and O–H groups in total. The number of rotatable bonds is 13. The van der Waals surface area contributed by atoms with E-state index in [9.17, 15) is 23.1 Å². The van der Waals surface area contributed by atoms with Crippen molar-refractivity contribution in [1.82, 2.24) is 30.4 Å². The molecule has 13 heteroatoms. The normalized spacial score (nSPS) is 12.7. The number of nitrogens with zero attached hydrogens (tertiary/aromatic N) is 2. The van der Waals surface area contributed by atoms with Gasteiger partial charge in [0.05, 0.1) is 40.6 Å². The highest BCUT2D eigenvalue weighted by Crippen LogP contribution is 2.22. The Morgan fingerprint density at radius 1 is 1.02 bits per heavy atom. The number of H-pyrrole nitrogens is 2. The van der Waals surface area contributed by atoms with Crippen LogP contribution in [0, 0.1) is 0 Å². The molecule has 1 atom stereocenters. The molecule has 0 aliphatic rings. The molecule has 12 nitrogen and oxygen atoms in total. The first-order chi connectivity index (χ1) is 21.0. The molecule has 3 aromatic carbocycles. The number of nitrogens with one attached hydrogen (secondary N) is 5. The zero-order valence-electron chi connectivity index (χ0n) is 24.4. The summed E-state index contributed by atoms with van der Waals surface area (Å²) in [4.78, 5) is 28.5. The minimum atomic E-state index is -3.74. The molecule has 0 aliphatic carbocycles. The number of aromatic amines is 2. The lowest BCUT2D eigenvalue weighted by Crippen LogP contribution is -2.42. The lowest BCUT2D eigenvalue weighted by atomic mass is 9.99. The van der Waals surface area contributed by atoms with Crippen molar-refractivity contribution in [2.45, 2.75) is 49.9 Å². The van der Waals surface area contributed by atoms with E-state index in [0.717, 1.165) is 11.9 Å². The number of aliphatic hydroxyl groups is 1. The van der Waals surface area contributed by atoms with Crippen molar-refractivity contribution in [3.05, 3.63) is 112 Å². The lowest BCUT2D eigenvalue weighted by molar-refractivity contribution is 0.0950. The van der Waals surface area contributed by atoms with Crippen LogP contribution in [0.5, 0.6) is 0 Å². The number of fused-ring (bicyclic) bond motifs is 1. The number of carbonyl (C=O) groups is 1. The highest BCUT2D eigenvalue weighted by atomic mass is 32.2. The van der Waals surface area contributed by atoms with Gasteiger partial charge in [-0.05, 0) is 68.3 Å². The van der Waals surface area contributed by atoms with Crippen molar-refractivity contribution < 1.29 is 18.3 Å². The Bertz CT molecular complexity index is 1910. The Morgan fingerprint density at radius 3 is 2.57 bits per heavy atom. The molecule has 5 aromatic rings. The molecule has 230 valence electrons. The summed E-state index contributed by atoms with van der Waals surface area (Å²) in [6.45, 7) is 5.20. The number of aromatic nitrogens is 4. The first kappa shape index (κ1) is 30.7. The summed E-state index contributed by atoms with van der Waals surface area (Å²) >= 11 is 0. The maximum absolute atomic E-state index is 12.7. The summed E-state index contributed by atoms with van der Waals surface area (Å²) in [6.07, 6.45) is 1.61. The van der Waals surface area contributed by atoms with E-state index in [2.05, 4.69) is 30.5 Å². The fourth-order valence-electron chi connectivity index (χ4n) is 4.73. The van der Waals surface area contributed by atoms with Crippen molar-refractivity contribution in [2.24, 2.45) is 0 Å². The standard InChI is InChI=1S/C31H35N7O5S/c1-31(2,34-19-28(39)21-7-6-8-23(15-21)37-44(42,43)25-9-4-3-5-10-25)13-14-38-20-33-26-16-22(11-12-27(26)38)30(41)32-18-24-17-29(40)36-35-24/h3-12,15-17,20,28,34,37,39H,13-14,18-19H2,1-2H3,(H,32,41)(H2,35,36,40)/t28-/m0/s1. The molecule has 2 aromatic heterocycles. The molecule has 0 bridgehead atoms. The fourth-order valence-corrected chi connectivity index (χ4v) is 5.80. The topological polar surface area (TPSA) is 174 Å². The number of imidazole rings is 1. The summed E-state index contributed by atoms with van der Waals surface area (Å²) in [7, 11) is -3.74. The molecule has 0 aliphatic heterocycles. The van der Waals surface area contributed by atoms with Gasteiger partial charge in [-0.3, -0.25) is 19.4 Å². The minimum Gasteiger partial charge on any atom is -0.387 e. The smallest absolute Gasteiger partial charge is 0.264 e. The van der Waals surface area contributed by atoms with Crippen molar-refractivity contribution >= 4 is 32.7 Å². The summed E-state index contributed by atoms with van der Waals surface area (Å²) < 4.78 is 30.0. The van der Waals surface area contributed by atoms with Crippen LogP contribution in [-0.2, 0) is 23.1 Å². The van der Waals surface area contributed by atoms with Gasteiger partial charge in [-0.15, -0.1) is 0 Å². The van der Waals surface area contributed by atoms with Gasteiger partial charge in [0.1, 0.15) is 0 Å². The van der Waals surface area contributed by atoms with E-state index in [1.807, 2.05) is 24.5 Å². The maximum Gasteiger partial charge on any atom is 0.264 e. The van der Waals surface area contributed by atoms with Crippen LogP contribution in [0.4, 0.5) is 5.69 Å². The van der Waals surface area contributed by atoms with Gasteiger partial charge in [-0.25, -0.2) is 13.4 Å². The van der Waals surface area contributed by atoms with E-state index in [-0.39, 0.29) is 35.0 Å². The molecule has 0 saturated carbocycles. The van der Waals surface area contributed by atoms with Crippen LogP contribution in [0.25, 0.3) is 11.0 Å². The zero-order valence-corrected chi connectivity index (χ0v) is 25.2. The molecule has 44 heavy (non-hydrogen) atoms. The van der Waals surface area contributed by atoms with Gasteiger partial charge in [0, 0.05) is 35.9 Å². The van der Waals surface area contributed by atoms with Crippen LogP contribution >= 0.6 is 0 Å². The number of aryl methyl sites for hydroxylation is 1. The third kappa shape index (κ3) is 7.61. The number of aliphatic hydroxyl groups excluding tert-OH is 1. The third-order valence-electron chi connectivity index (χ3n) is 7.30. The predicted molar refractivity (Wildman–Crippen MR) is 168 cm³/mol. The van der Waals surface area contributed by atoms with Gasteiger partial charge in [-0.1, -0.05) is 30.3 Å². The number of sulfonamides is 1. The van der Waals surface area contributed by atoms with E-state index in [1.165, 1.54) is 18.2 Å². The van der Waals surface area contributed by atoms with Crippen molar-refractivity contribution in [2.75, 3.05) is 11.3 Å². The first-order valence-corrected chi connectivity index (χ1v) is 15.6. The lowest BCUT2D eigenvalue weighted by Gasteiger charge is -2.28. The van der Waals surface area contributed by atoms with E-state index >= 15 is 0 Å². The average Bonchev–Trinajstić information content (AvgIpc) is 3.63. The number of benzene rings is 3. The van der Waals surface area contributed by atoms with E-state index in [4.69, 9.17) is 0 Å². The van der Waals surface area contributed by atoms with Gasteiger partial charge in [0.2, 0.25) is 0 Å². The molecule has 1 amide bonds. The fraction of sp³-hybridized carbons (Fsp3) is 0.258. The second-order valence-corrected chi connectivity index (χ2v) is 12.9. The van der Waals surface area contributed by atoms with Gasteiger partial charge in [0.15, 0.2) is 0 Å². The summed E-state index contributed by atoms with van der Waals surface area (Å²) in [5, 5.41) is 22.2. The molecule has 0 fully saturated rings. The molecular weight excluding hydrogens is 582 g/mol. The van der Waals surface area contributed by atoms with Crippen LogP contribution < -0.4 is 20.9 Å². The van der Waals surface area contributed by atoms with E-state index in [0.29, 0.717) is 34.6 Å². The number of hydrogen-bond acceptors (Lipinski definition) is 7. The molecule has 0 radical (unpaired) electrons. The molecule has 0 spiro atoms. The summed E-state index contributed by atoms with van der Waals surface area (Å²) in [5.74, 6) is -0.272. The molecule has 0 saturated heterocycles. The predicted octanol–water partition coefficient (Wildman–Crippen LogP) is 3.28. The van der Waals surface area contributed by atoms with Gasteiger partial charge >= 0.3 is 0 Å². The van der Waals surface area contributed by atoms with Crippen LogP contribution in [-0.4, -0.2) is 51.3 Å². The Balaban J connectivity index is 1.14. The van der Waals surface area contributed by atoms with Crippen molar-refractivity contribution in [1.29, 1.82) is 0 Å². The Kier molecular flexibility index (Phi) is 8.99. The minimum absolute atomic E-state index is 0.161. The summed E-state index contributed by atoms with van der Waals surface area (Å²) in [5.41, 5.74) is 2.98. The Labute approximate surface area is 254 Å². The number of carbonyl (C=O) groups excluding carboxylic acids is 1. The monoisotopic (exact) mass is 617 g/mol. The van der Waals surface area contributed by atoms with Crippen LogP contribution in [0.1, 0.15) is 48.0 Å². The number of anilines is 1. The van der Waals surface area contributed by atoms with Crippen molar-refractivity contribution in [3.63, 3.8) is 0 Å². The second-order valence-electron chi connectivity index (χ2n) is 11.2. The maximum atomic E-state index is 12.7. The van der Waals surface area contributed by atoms with Gasteiger partial charge < -0.3 is 25.4 Å². The van der Waals surface area contributed by atoms with Gasteiger partial charge in [0.25, 0.3) is 21.5 Å². The largest absolute Gasteiger partial charge is 0.387 e. The average molecular weight is 618 g/mol. The van der Waals surface area contributed by atoms with Crippen molar-refractivity contribution in [3.8, 4) is 0 Å². The molecule has 2 heterocycles. The highest BCUT2D eigenvalue weighted by molar-refractivity contribution is 7.92. The van der Waals surface area contributed by atoms with Crippen LogP contribution in [0.3, 0.4) is 0 Å². The SMILES string of the molecule is CC(C)(CCn1cnc2cc(C(=O)NCc3cc(=O)[nH][nH]3)ccc21)NC[C@H](O)c1cccc(NS(=O)(=O)c2ccccc2)c1. The number of β-amino-alcohol motifs (C(OH)–C–C–N with tert-alkyl or cyclic N) is 1. The molecular formula is C31H35N7O5S. The third-order valence-corrected chi connectivity index (χ3v) is 8.70. The van der Waals surface area contributed by atoms with E-state index in [1.54, 1.807) is 60.9 Å². The van der Waals surface area contributed by atoms with Crippen LogP contribution in [0.2, 0.25) is 0 Å². The van der Waals surface area contributed by atoms with Gasteiger partial charge in [-0.2, -0.15) is 0 Å². The highest BCUT2D eigenvalue weighted by Gasteiger charge is 2.21. The Hall–Kier alpha value is -4.72. The van der Waals surface area contributed by atoms with E-state index < -0.39 is 16.1 Å².